The van der Waals surface area contributed by atoms with Gasteiger partial charge in [0.05, 0.1) is 23.8 Å². The minimum atomic E-state index is -1.08. The lowest BCUT2D eigenvalue weighted by atomic mass is 9.78. The number of thioether (sulfide) groups is 1. The first kappa shape index (κ1) is 19.7. The maximum absolute atomic E-state index is 12.7. The van der Waals surface area contributed by atoms with E-state index < -0.39 is 23.7 Å². The van der Waals surface area contributed by atoms with Crippen molar-refractivity contribution < 1.29 is 14.3 Å². The van der Waals surface area contributed by atoms with Crippen LogP contribution < -0.4 is 5.32 Å². The fourth-order valence-electron chi connectivity index (χ4n) is 3.26. The standard InChI is InChI=1S/C22H20N2O3S/c1-27-22(26)19-18(16-10-6-3-7-11-16)17(14-23)21(24-20(19)25)28-13-12-15-8-4-2-5-9-15/h2-11,18-19H,12-13H2,1H3,(H,24,25)/t18-,19+/m0/s1. The molecule has 0 bridgehead atoms. The second-order valence-electron chi connectivity index (χ2n) is 6.32. The molecule has 5 nitrogen and oxygen atoms in total. The minimum Gasteiger partial charge on any atom is -0.468 e. The number of allylic oxidation sites excluding steroid dienone is 1. The molecule has 0 spiro atoms. The zero-order chi connectivity index (χ0) is 19.9. The Labute approximate surface area is 168 Å². The molecule has 2 atom stereocenters. The number of hydrogen-bond acceptors (Lipinski definition) is 5. The van der Waals surface area contributed by atoms with E-state index in [4.69, 9.17) is 4.74 Å². The molecule has 1 heterocycles. The summed E-state index contributed by atoms with van der Waals surface area (Å²) < 4.78 is 4.84. The van der Waals surface area contributed by atoms with Crippen LogP contribution in [0.1, 0.15) is 17.0 Å². The highest BCUT2D eigenvalue weighted by Gasteiger charge is 2.44. The molecule has 0 aromatic heterocycles. The number of carbonyl (C=O) groups is 2. The van der Waals surface area contributed by atoms with E-state index in [1.165, 1.54) is 24.4 Å². The highest BCUT2D eigenvalue weighted by atomic mass is 32.2. The molecule has 1 amide bonds. The van der Waals surface area contributed by atoms with Gasteiger partial charge in [0.2, 0.25) is 5.91 Å². The average Bonchev–Trinajstić information content (AvgIpc) is 2.74. The van der Waals surface area contributed by atoms with Gasteiger partial charge in [-0.25, -0.2) is 0 Å². The molecule has 0 saturated carbocycles. The van der Waals surface area contributed by atoms with E-state index in [1.807, 2.05) is 60.7 Å². The fourth-order valence-corrected chi connectivity index (χ4v) is 4.30. The minimum absolute atomic E-state index is 0.388. The Kier molecular flexibility index (Phi) is 6.51. The third kappa shape index (κ3) is 4.26. The molecular weight excluding hydrogens is 372 g/mol. The van der Waals surface area contributed by atoms with E-state index in [1.54, 1.807) is 0 Å². The molecular formula is C22H20N2O3S. The van der Waals surface area contributed by atoms with Gasteiger partial charge < -0.3 is 10.1 Å². The van der Waals surface area contributed by atoms with Gasteiger partial charge in [-0.1, -0.05) is 60.7 Å². The van der Waals surface area contributed by atoms with Crippen LogP contribution in [0.5, 0.6) is 0 Å². The van der Waals surface area contributed by atoms with Crippen molar-refractivity contribution in [2.24, 2.45) is 5.92 Å². The summed E-state index contributed by atoms with van der Waals surface area (Å²) in [7, 11) is 1.25. The molecule has 0 unspecified atom stereocenters. The van der Waals surface area contributed by atoms with Gasteiger partial charge in [0.1, 0.15) is 5.92 Å². The molecule has 2 aromatic rings. The molecule has 0 radical (unpaired) electrons. The molecule has 1 aliphatic heterocycles. The third-order valence-electron chi connectivity index (χ3n) is 4.62. The highest BCUT2D eigenvalue weighted by Crippen LogP contribution is 2.40. The smallest absolute Gasteiger partial charge is 0.319 e. The zero-order valence-corrected chi connectivity index (χ0v) is 16.2. The number of methoxy groups -OCH3 is 1. The van der Waals surface area contributed by atoms with Crippen LogP contribution >= 0.6 is 11.8 Å². The number of nitrogens with one attached hydrogen (secondary N) is 1. The first-order valence-electron chi connectivity index (χ1n) is 8.90. The maximum Gasteiger partial charge on any atom is 0.319 e. The van der Waals surface area contributed by atoms with Crippen molar-refractivity contribution in [1.29, 1.82) is 5.26 Å². The Balaban J connectivity index is 1.91. The number of carbonyl (C=O) groups excluding carboxylic acids is 2. The number of aryl methyl sites for hydroxylation is 1. The summed E-state index contributed by atoms with van der Waals surface area (Å²) in [5.41, 5.74) is 2.31. The second kappa shape index (κ2) is 9.25. The third-order valence-corrected chi connectivity index (χ3v) is 5.64. The Morgan fingerprint density at radius 3 is 2.39 bits per heavy atom. The van der Waals surface area contributed by atoms with Crippen molar-refractivity contribution in [2.75, 3.05) is 12.9 Å². The predicted octanol–water partition coefficient (Wildman–Crippen LogP) is 3.40. The van der Waals surface area contributed by atoms with Crippen LogP contribution in [-0.4, -0.2) is 24.7 Å². The first-order chi connectivity index (χ1) is 13.7. The van der Waals surface area contributed by atoms with E-state index in [9.17, 15) is 14.9 Å². The summed E-state index contributed by atoms with van der Waals surface area (Å²) in [6.07, 6.45) is 0.806. The lowest BCUT2D eigenvalue weighted by Crippen LogP contribution is -2.44. The number of ether oxygens (including phenoxy) is 1. The number of rotatable bonds is 6. The van der Waals surface area contributed by atoms with Crippen molar-refractivity contribution in [1.82, 2.24) is 5.32 Å². The number of benzene rings is 2. The van der Waals surface area contributed by atoms with Crippen LogP contribution in [0.4, 0.5) is 0 Å². The first-order valence-corrected chi connectivity index (χ1v) is 9.89. The molecule has 2 aromatic carbocycles. The number of nitriles is 1. The van der Waals surface area contributed by atoms with Gasteiger partial charge >= 0.3 is 5.97 Å². The molecule has 0 fully saturated rings. The Hall–Kier alpha value is -3.04. The summed E-state index contributed by atoms with van der Waals surface area (Å²) in [5.74, 6) is -2.13. The predicted molar refractivity (Wildman–Crippen MR) is 108 cm³/mol. The van der Waals surface area contributed by atoms with Gasteiger partial charge in [0.15, 0.2) is 0 Å². The quantitative estimate of drug-likeness (QED) is 0.602. The normalized spacial score (nSPS) is 18.9. The zero-order valence-electron chi connectivity index (χ0n) is 15.4. The van der Waals surface area contributed by atoms with Crippen molar-refractivity contribution in [3.8, 4) is 6.07 Å². The van der Waals surface area contributed by atoms with Gasteiger partial charge in [0, 0.05) is 11.7 Å². The van der Waals surface area contributed by atoms with E-state index >= 15 is 0 Å². The Bertz CT molecular complexity index is 920. The van der Waals surface area contributed by atoms with Gasteiger partial charge in [-0.15, -0.1) is 11.8 Å². The van der Waals surface area contributed by atoms with E-state index in [0.717, 1.165) is 12.0 Å². The molecule has 3 rings (SSSR count). The van der Waals surface area contributed by atoms with Crippen LogP contribution in [0.25, 0.3) is 0 Å². The molecule has 142 valence electrons. The van der Waals surface area contributed by atoms with E-state index in [-0.39, 0.29) is 0 Å². The number of hydrogen-bond donors (Lipinski definition) is 1. The van der Waals surface area contributed by atoms with Gasteiger partial charge in [-0.3, -0.25) is 9.59 Å². The maximum atomic E-state index is 12.7. The van der Waals surface area contributed by atoms with Crippen LogP contribution in [0.3, 0.4) is 0 Å². The second-order valence-corrected chi connectivity index (χ2v) is 7.42. The molecule has 1 aliphatic rings. The van der Waals surface area contributed by atoms with Crippen LogP contribution in [0.2, 0.25) is 0 Å². The van der Waals surface area contributed by atoms with Crippen molar-refractivity contribution in [3.63, 3.8) is 0 Å². The number of esters is 1. The van der Waals surface area contributed by atoms with Crippen LogP contribution in [0, 0.1) is 17.2 Å². The summed E-state index contributed by atoms with van der Waals surface area (Å²) >= 11 is 1.42. The van der Waals surface area contributed by atoms with Gasteiger partial charge in [0.25, 0.3) is 0 Å². The summed E-state index contributed by atoms with van der Waals surface area (Å²) in [5, 5.41) is 13.1. The monoisotopic (exact) mass is 392 g/mol. The van der Waals surface area contributed by atoms with Gasteiger partial charge in [-0.05, 0) is 17.5 Å². The van der Waals surface area contributed by atoms with Crippen molar-refractivity contribution in [2.45, 2.75) is 12.3 Å². The topological polar surface area (TPSA) is 79.2 Å². The van der Waals surface area contributed by atoms with Crippen molar-refractivity contribution in [3.05, 3.63) is 82.4 Å². The van der Waals surface area contributed by atoms with Crippen LogP contribution in [-0.2, 0) is 20.7 Å². The van der Waals surface area contributed by atoms with Crippen molar-refractivity contribution >= 4 is 23.6 Å². The van der Waals surface area contributed by atoms with Crippen LogP contribution in [0.15, 0.2) is 71.3 Å². The fraction of sp³-hybridized carbons (Fsp3) is 0.227. The molecule has 0 aliphatic carbocycles. The molecule has 0 saturated heterocycles. The SMILES string of the molecule is COC(=O)[C@H]1C(=O)NC(SCCc2ccccc2)=C(C#N)[C@@H]1c1ccccc1. The Morgan fingerprint density at radius 1 is 1.14 bits per heavy atom. The molecule has 6 heteroatoms. The summed E-state index contributed by atoms with van der Waals surface area (Å²) in [6.45, 7) is 0. The summed E-state index contributed by atoms with van der Waals surface area (Å²) in [4.78, 5) is 25.0. The Morgan fingerprint density at radius 2 is 1.79 bits per heavy atom. The number of amides is 1. The van der Waals surface area contributed by atoms with E-state index in [0.29, 0.717) is 16.4 Å². The lowest BCUT2D eigenvalue weighted by molar-refractivity contribution is -0.150. The molecule has 1 N–H and O–H groups in total. The highest BCUT2D eigenvalue weighted by molar-refractivity contribution is 8.03. The lowest BCUT2D eigenvalue weighted by Gasteiger charge is -2.31. The molecule has 28 heavy (non-hydrogen) atoms. The van der Waals surface area contributed by atoms with E-state index in [2.05, 4.69) is 11.4 Å². The largest absolute Gasteiger partial charge is 0.468 e. The average molecular weight is 392 g/mol. The summed E-state index contributed by atoms with van der Waals surface area (Å²) in [6, 6.07) is 21.4. The van der Waals surface area contributed by atoms with Gasteiger partial charge in [-0.2, -0.15) is 5.26 Å². The number of nitrogens with zero attached hydrogens (tertiary/aromatic N) is 1.